The summed E-state index contributed by atoms with van der Waals surface area (Å²) >= 11 is 0. The van der Waals surface area contributed by atoms with E-state index in [1.807, 2.05) is 43.3 Å². The number of carbonyl (C=O) groups is 1. The fourth-order valence-corrected chi connectivity index (χ4v) is 1.89. The third-order valence-electron chi connectivity index (χ3n) is 2.96. The molecule has 19 heavy (non-hydrogen) atoms. The zero-order chi connectivity index (χ0) is 13.7. The molecule has 0 aliphatic heterocycles. The molecule has 4 heteroatoms. The normalized spacial score (nSPS) is 13.8. The van der Waals surface area contributed by atoms with Crippen molar-refractivity contribution in [2.24, 2.45) is 5.73 Å². The van der Waals surface area contributed by atoms with Crippen LogP contribution in [0, 0.1) is 0 Å². The van der Waals surface area contributed by atoms with E-state index in [9.17, 15) is 4.79 Å². The molecule has 1 heterocycles. The molecule has 2 atom stereocenters. The molecule has 0 fully saturated rings. The number of furan rings is 1. The first-order valence-corrected chi connectivity index (χ1v) is 6.30. The Balaban J connectivity index is 1.89. The summed E-state index contributed by atoms with van der Waals surface area (Å²) in [6.07, 6.45) is 2.11. The van der Waals surface area contributed by atoms with Crippen molar-refractivity contribution in [3.8, 4) is 0 Å². The highest BCUT2D eigenvalue weighted by molar-refractivity contribution is 5.82. The highest BCUT2D eigenvalue weighted by Gasteiger charge is 2.18. The largest absolute Gasteiger partial charge is 0.467 e. The van der Waals surface area contributed by atoms with Gasteiger partial charge in [0, 0.05) is 0 Å². The molecule has 2 rings (SSSR count). The first kappa shape index (κ1) is 13.4. The number of amides is 1. The summed E-state index contributed by atoms with van der Waals surface area (Å²) in [4.78, 5) is 12.0. The maximum atomic E-state index is 12.0. The van der Waals surface area contributed by atoms with E-state index in [1.54, 1.807) is 12.3 Å². The van der Waals surface area contributed by atoms with Gasteiger partial charge in [0.05, 0.1) is 18.3 Å². The highest BCUT2D eigenvalue weighted by Crippen LogP contribution is 2.12. The Morgan fingerprint density at radius 1 is 1.26 bits per heavy atom. The van der Waals surface area contributed by atoms with Gasteiger partial charge in [0.25, 0.3) is 0 Å². The lowest BCUT2D eigenvalue weighted by Crippen LogP contribution is -2.42. The summed E-state index contributed by atoms with van der Waals surface area (Å²) in [5.74, 6) is 0.549. The molecule has 0 aliphatic carbocycles. The standard InChI is InChI=1S/C15H18N2O2/c1-11(14-8-5-9-19-14)17-15(18)13(16)10-12-6-3-2-4-7-12/h2-9,11,13H,10,16H2,1H3,(H,17,18)/t11-,13?/m1/s1. The number of nitrogens with two attached hydrogens (primary N) is 1. The van der Waals surface area contributed by atoms with E-state index >= 15 is 0 Å². The second-order valence-electron chi connectivity index (χ2n) is 4.54. The molecule has 0 saturated carbocycles. The summed E-state index contributed by atoms with van der Waals surface area (Å²) in [7, 11) is 0. The fourth-order valence-electron chi connectivity index (χ4n) is 1.89. The molecule has 1 unspecified atom stereocenters. The van der Waals surface area contributed by atoms with Crippen molar-refractivity contribution in [1.29, 1.82) is 0 Å². The molecule has 0 spiro atoms. The summed E-state index contributed by atoms with van der Waals surface area (Å²) in [6, 6.07) is 12.6. The van der Waals surface area contributed by atoms with Crippen molar-refractivity contribution >= 4 is 5.91 Å². The second-order valence-corrected chi connectivity index (χ2v) is 4.54. The summed E-state index contributed by atoms with van der Waals surface area (Å²) < 4.78 is 5.24. The van der Waals surface area contributed by atoms with Gasteiger partial charge in [-0.1, -0.05) is 30.3 Å². The van der Waals surface area contributed by atoms with E-state index in [0.29, 0.717) is 6.42 Å². The van der Waals surface area contributed by atoms with Gasteiger partial charge in [-0.3, -0.25) is 4.79 Å². The maximum absolute atomic E-state index is 12.0. The predicted molar refractivity (Wildman–Crippen MR) is 73.4 cm³/mol. The molecule has 0 aliphatic rings. The molecule has 1 aromatic carbocycles. The van der Waals surface area contributed by atoms with E-state index in [0.717, 1.165) is 11.3 Å². The van der Waals surface area contributed by atoms with Crippen LogP contribution in [-0.2, 0) is 11.2 Å². The fraction of sp³-hybridized carbons (Fsp3) is 0.267. The maximum Gasteiger partial charge on any atom is 0.237 e. The lowest BCUT2D eigenvalue weighted by molar-refractivity contribution is -0.123. The molecular formula is C15H18N2O2. The highest BCUT2D eigenvalue weighted by atomic mass is 16.3. The predicted octanol–water partition coefficient (Wildman–Crippen LogP) is 2.03. The monoisotopic (exact) mass is 258 g/mol. The smallest absolute Gasteiger partial charge is 0.237 e. The van der Waals surface area contributed by atoms with Crippen LogP contribution in [0.15, 0.2) is 53.1 Å². The molecule has 1 amide bonds. The Bertz CT molecular complexity index is 508. The molecule has 3 N–H and O–H groups in total. The van der Waals surface area contributed by atoms with Crippen LogP contribution in [0.1, 0.15) is 24.3 Å². The van der Waals surface area contributed by atoms with Crippen molar-refractivity contribution in [3.63, 3.8) is 0 Å². The van der Waals surface area contributed by atoms with Gasteiger partial charge in [0.1, 0.15) is 5.76 Å². The van der Waals surface area contributed by atoms with Crippen molar-refractivity contribution < 1.29 is 9.21 Å². The number of carbonyl (C=O) groups excluding carboxylic acids is 1. The Labute approximate surface area is 112 Å². The van der Waals surface area contributed by atoms with Gasteiger partial charge in [-0.05, 0) is 31.0 Å². The number of nitrogens with one attached hydrogen (secondary N) is 1. The number of benzene rings is 1. The van der Waals surface area contributed by atoms with Gasteiger partial charge in [0.15, 0.2) is 0 Å². The van der Waals surface area contributed by atoms with Crippen molar-refractivity contribution in [2.45, 2.75) is 25.4 Å². The Morgan fingerprint density at radius 3 is 2.63 bits per heavy atom. The molecular weight excluding hydrogens is 240 g/mol. The van der Waals surface area contributed by atoms with Crippen LogP contribution in [-0.4, -0.2) is 11.9 Å². The number of hydrogen-bond acceptors (Lipinski definition) is 3. The van der Waals surface area contributed by atoms with Gasteiger partial charge >= 0.3 is 0 Å². The molecule has 0 saturated heterocycles. The Morgan fingerprint density at radius 2 is 2.00 bits per heavy atom. The average molecular weight is 258 g/mol. The first-order chi connectivity index (χ1) is 9.16. The van der Waals surface area contributed by atoms with E-state index in [-0.39, 0.29) is 11.9 Å². The summed E-state index contributed by atoms with van der Waals surface area (Å²) in [5, 5.41) is 2.84. The lowest BCUT2D eigenvalue weighted by atomic mass is 10.1. The minimum Gasteiger partial charge on any atom is -0.467 e. The molecule has 100 valence electrons. The first-order valence-electron chi connectivity index (χ1n) is 6.30. The summed E-state index contributed by atoms with van der Waals surface area (Å²) in [5.41, 5.74) is 6.96. The summed E-state index contributed by atoms with van der Waals surface area (Å²) in [6.45, 7) is 1.87. The van der Waals surface area contributed by atoms with Crippen molar-refractivity contribution in [1.82, 2.24) is 5.32 Å². The molecule has 0 radical (unpaired) electrons. The van der Waals surface area contributed by atoms with Crippen LogP contribution in [0.4, 0.5) is 0 Å². The van der Waals surface area contributed by atoms with Gasteiger partial charge in [-0.2, -0.15) is 0 Å². The van der Waals surface area contributed by atoms with E-state index in [1.165, 1.54) is 0 Å². The van der Waals surface area contributed by atoms with Gasteiger partial charge < -0.3 is 15.5 Å². The van der Waals surface area contributed by atoms with Crippen molar-refractivity contribution in [3.05, 3.63) is 60.1 Å². The van der Waals surface area contributed by atoms with E-state index in [4.69, 9.17) is 10.2 Å². The molecule has 1 aromatic heterocycles. The van der Waals surface area contributed by atoms with Crippen LogP contribution in [0.3, 0.4) is 0 Å². The molecule has 0 bridgehead atoms. The quantitative estimate of drug-likeness (QED) is 0.862. The third-order valence-corrected chi connectivity index (χ3v) is 2.96. The number of hydrogen-bond donors (Lipinski definition) is 2. The van der Waals surface area contributed by atoms with Gasteiger partial charge in [-0.15, -0.1) is 0 Å². The average Bonchev–Trinajstić information content (AvgIpc) is 2.93. The van der Waals surface area contributed by atoms with Crippen LogP contribution >= 0.6 is 0 Å². The zero-order valence-corrected chi connectivity index (χ0v) is 10.9. The molecule has 2 aromatic rings. The van der Waals surface area contributed by atoms with E-state index < -0.39 is 6.04 Å². The Hall–Kier alpha value is -2.07. The van der Waals surface area contributed by atoms with Gasteiger partial charge in [-0.25, -0.2) is 0 Å². The van der Waals surface area contributed by atoms with Crippen LogP contribution in [0.5, 0.6) is 0 Å². The van der Waals surface area contributed by atoms with Crippen LogP contribution in [0.2, 0.25) is 0 Å². The minimum absolute atomic E-state index is 0.173. The third kappa shape index (κ3) is 3.69. The topological polar surface area (TPSA) is 68.3 Å². The zero-order valence-electron chi connectivity index (χ0n) is 10.9. The van der Waals surface area contributed by atoms with Crippen LogP contribution < -0.4 is 11.1 Å². The SMILES string of the molecule is C[C@@H](NC(=O)C(N)Cc1ccccc1)c1ccco1. The Kier molecular flexibility index (Phi) is 4.36. The molecule has 4 nitrogen and oxygen atoms in total. The van der Waals surface area contributed by atoms with Crippen LogP contribution in [0.25, 0.3) is 0 Å². The van der Waals surface area contributed by atoms with E-state index in [2.05, 4.69) is 5.32 Å². The minimum atomic E-state index is -0.556. The van der Waals surface area contributed by atoms with Gasteiger partial charge in [0.2, 0.25) is 5.91 Å². The van der Waals surface area contributed by atoms with Crippen molar-refractivity contribution in [2.75, 3.05) is 0 Å². The number of rotatable bonds is 5. The second kappa shape index (κ2) is 6.20. The lowest BCUT2D eigenvalue weighted by Gasteiger charge is -2.16.